The van der Waals surface area contributed by atoms with E-state index in [0.717, 1.165) is 18.6 Å². The Labute approximate surface area is 121 Å². The molecule has 3 aromatic rings. The Morgan fingerprint density at radius 3 is 3.05 bits per heavy atom. The van der Waals surface area contributed by atoms with Crippen LogP contribution in [0.1, 0.15) is 18.2 Å². The van der Waals surface area contributed by atoms with Crippen LogP contribution in [-0.4, -0.2) is 11.5 Å². The van der Waals surface area contributed by atoms with E-state index in [1.54, 1.807) is 11.3 Å². The molecule has 1 N–H and O–H groups in total. The molecule has 0 saturated carbocycles. The number of benzene rings is 1. The lowest BCUT2D eigenvalue weighted by atomic mass is 10.2. The van der Waals surface area contributed by atoms with Crippen LogP contribution in [0.5, 0.6) is 0 Å². The van der Waals surface area contributed by atoms with Crippen LogP contribution in [0.3, 0.4) is 0 Å². The fourth-order valence-electron chi connectivity index (χ4n) is 2.02. The van der Waals surface area contributed by atoms with Gasteiger partial charge in [-0.1, -0.05) is 13.0 Å². The highest BCUT2D eigenvalue weighted by Crippen LogP contribution is 2.31. The van der Waals surface area contributed by atoms with Crippen LogP contribution in [0, 0.1) is 0 Å². The molecule has 2 aromatic heterocycles. The minimum absolute atomic E-state index is 0.974. The van der Waals surface area contributed by atoms with Crippen molar-refractivity contribution in [1.29, 1.82) is 0 Å². The number of thiophene rings is 1. The number of aromatic nitrogens is 1. The van der Waals surface area contributed by atoms with Crippen LogP contribution in [0.4, 0.5) is 0 Å². The maximum Gasteiger partial charge on any atom is 0.0812 e. The molecule has 0 bridgehead atoms. The SMILES string of the molecule is CCCNCc1ccc(-c2ccc3ncsc3c2)s1. The van der Waals surface area contributed by atoms with Crippen molar-refractivity contribution in [2.45, 2.75) is 19.9 Å². The van der Waals surface area contributed by atoms with Crippen molar-refractivity contribution in [2.75, 3.05) is 6.54 Å². The van der Waals surface area contributed by atoms with Crippen molar-refractivity contribution < 1.29 is 0 Å². The van der Waals surface area contributed by atoms with E-state index in [1.165, 1.54) is 26.4 Å². The molecule has 2 heterocycles. The quantitative estimate of drug-likeness (QED) is 0.698. The first-order chi connectivity index (χ1) is 9.36. The van der Waals surface area contributed by atoms with E-state index in [2.05, 4.69) is 47.6 Å². The van der Waals surface area contributed by atoms with Gasteiger partial charge in [-0.3, -0.25) is 0 Å². The number of hydrogen-bond acceptors (Lipinski definition) is 4. The van der Waals surface area contributed by atoms with E-state index in [4.69, 9.17) is 0 Å². The molecule has 0 unspecified atom stereocenters. The number of thiazole rings is 1. The topological polar surface area (TPSA) is 24.9 Å². The van der Waals surface area contributed by atoms with Gasteiger partial charge in [0.2, 0.25) is 0 Å². The van der Waals surface area contributed by atoms with Crippen molar-refractivity contribution >= 4 is 32.9 Å². The molecule has 4 heteroatoms. The van der Waals surface area contributed by atoms with Crippen LogP contribution in [0.25, 0.3) is 20.7 Å². The summed E-state index contributed by atoms with van der Waals surface area (Å²) in [6, 6.07) is 10.9. The van der Waals surface area contributed by atoms with Gasteiger partial charge in [-0.15, -0.1) is 22.7 Å². The van der Waals surface area contributed by atoms with Crippen LogP contribution in [-0.2, 0) is 6.54 Å². The zero-order valence-electron chi connectivity index (χ0n) is 10.8. The number of nitrogens with one attached hydrogen (secondary N) is 1. The van der Waals surface area contributed by atoms with Crippen LogP contribution in [0.2, 0.25) is 0 Å². The van der Waals surface area contributed by atoms with Crippen LogP contribution >= 0.6 is 22.7 Å². The molecule has 0 amide bonds. The Morgan fingerprint density at radius 2 is 2.16 bits per heavy atom. The van der Waals surface area contributed by atoms with Gasteiger partial charge in [0.05, 0.1) is 15.7 Å². The highest BCUT2D eigenvalue weighted by molar-refractivity contribution is 7.17. The molecule has 0 aliphatic heterocycles. The zero-order chi connectivity index (χ0) is 13.1. The molecule has 0 aliphatic rings. The van der Waals surface area contributed by atoms with Gasteiger partial charge in [-0.2, -0.15) is 0 Å². The maximum atomic E-state index is 4.32. The summed E-state index contributed by atoms with van der Waals surface area (Å²) in [6.45, 7) is 4.25. The first-order valence-corrected chi connectivity index (χ1v) is 8.19. The fourth-order valence-corrected chi connectivity index (χ4v) is 3.71. The molecule has 98 valence electrons. The van der Waals surface area contributed by atoms with Crippen LogP contribution < -0.4 is 5.32 Å². The first kappa shape index (κ1) is 12.8. The minimum atomic E-state index is 0.974. The largest absolute Gasteiger partial charge is 0.312 e. The average Bonchev–Trinajstić information content (AvgIpc) is 3.06. The van der Waals surface area contributed by atoms with Crippen LogP contribution in [0.15, 0.2) is 35.8 Å². The number of rotatable bonds is 5. The molecule has 0 radical (unpaired) electrons. The molecule has 2 nitrogen and oxygen atoms in total. The summed E-state index contributed by atoms with van der Waals surface area (Å²) in [5.74, 6) is 0. The summed E-state index contributed by atoms with van der Waals surface area (Å²) in [7, 11) is 0. The van der Waals surface area contributed by atoms with E-state index >= 15 is 0 Å². The van der Waals surface area contributed by atoms with Gasteiger partial charge in [-0.05, 0) is 42.8 Å². The van der Waals surface area contributed by atoms with Gasteiger partial charge in [0.15, 0.2) is 0 Å². The van der Waals surface area contributed by atoms with Gasteiger partial charge < -0.3 is 5.32 Å². The smallest absolute Gasteiger partial charge is 0.0812 e. The van der Waals surface area contributed by atoms with Crippen molar-refractivity contribution in [3.63, 3.8) is 0 Å². The van der Waals surface area contributed by atoms with Gasteiger partial charge in [-0.25, -0.2) is 4.98 Å². The normalized spacial score (nSPS) is 11.2. The molecular weight excluding hydrogens is 272 g/mol. The average molecular weight is 288 g/mol. The lowest BCUT2D eigenvalue weighted by Crippen LogP contribution is -2.12. The summed E-state index contributed by atoms with van der Waals surface area (Å²) < 4.78 is 1.26. The van der Waals surface area contributed by atoms with Gasteiger partial charge >= 0.3 is 0 Å². The molecule has 19 heavy (non-hydrogen) atoms. The second kappa shape index (κ2) is 5.82. The molecule has 0 saturated heterocycles. The number of nitrogens with zero attached hydrogens (tertiary/aromatic N) is 1. The second-order valence-electron chi connectivity index (χ2n) is 4.48. The lowest BCUT2D eigenvalue weighted by molar-refractivity contribution is 0.681. The fraction of sp³-hybridized carbons (Fsp3) is 0.267. The first-order valence-electron chi connectivity index (χ1n) is 6.50. The standard InChI is InChI=1S/C15H16N2S2/c1-2-7-16-9-12-4-6-14(19-12)11-3-5-13-15(8-11)18-10-17-13/h3-6,8,10,16H,2,7,9H2,1H3. The molecular formula is C15H16N2S2. The summed E-state index contributed by atoms with van der Waals surface area (Å²) in [6.07, 6.45) is 1.18. The predicted molar refractivity (Wildman–Crippen MR) is 84.9 cm³/mol. The minimum Gasteiger partial charge on any atom is -0.312 e. The lowest BCUT2D eigenvalue weighted by Gasteiger charge is -1.99. The van der Waals surface area contributed by atoms with Gasteiger partial charge in [0.1, 0.15) is 0 Å². The Hall–Kier alpha value is -1.23. The van der Waals surface area contributed by atoms with Gasteiger partial charge in [0.25, 0.3) is 0 Å². The Balaban J connectivity index is 1.81. The molecule has 3 rings (SSSR count). The molecule has 0 spiro atoms. The van der Waals surface area contributed by atoms with Crippen molar-refractivity contribution in [2.24, 2.45) is 0 Å². The number of hydrogen-bond donors (Lipinski definition) is 1. The summed E-state index contributed by atoms with van der Waals surface area (Å²) in [5.41, 5.74) is 4.29. The Morgan fingerprint density at radius 1 is 1.21 bits per heavy atom. The third-order valence-corrected chi connectivity index (χ3v) is 4.93. The molecule has 0 fully saturated rings. The molecule has 0 atom stereocenters. The molecule has 1 aromatic carbocycles. The van der Waals surface area contributed by atoms with Crippen molar-refractivity contribution in [3.05, 3.63) is 40.7 Å². The Bertz CT molecular complexity index is 669. The van der Waals surface area contributed by atoms with Crippen molar-refractivity contribution in [3.8, 4) is 10.4 Å². The summed E-state index contributed by atoms with van der Waals surface area (Å²) in [4.78, 5) is 7.05. The second-order valence-corrected chi connectivity index (χ2v) is 6.53. The predicted octanol–water partition coefficient (Wildman–Crippen LogP) is 4.52. The highest BCUT2D eigenvalue weighted by Gasteiger charge is 2.05. The molecule has 0 aliphatic carbocycles. The summed E-state index contributed by atoms with van der Waals surface area (Å²) >= 11 is 3.57. The third kappa shape index (κ3) is 2.86. The number of fused-ring (bicyclic) bond motifs is 1. The van der Waals surface area contributed by atoms with Crippen molar-refractivity contribution in [1.82, 2.24) is 10.3 Å². The van der Waals surface area contributed by atoms with E-state index in [0.29, 0.717) is 0 Å². The zero-order valence-corrected chi connectivity index (χ0v) is 12.5. The monoisotopic (exact) mass is 288 g/mol. The Kier molecular flexibility index (Phi) is 3.92. The maximum absolute atomic E-state index is 4.32. The van der Waals surface area contributed by atoms with E-state index < -0.39 is 0 Å². The van der Waals surface area contributed by atoms with E-state index in [9.17, 15) is 0 Å². The highest BCUT2D eigenvalue weighted by atomic mass is 32.1. The van der Waals surface area contributed by atoms with Gasteiger partial charge in [0, 0.05) is 16.3 Å². The van der Waals surface area contributed by atoms with E-state index in [1.807, 2.05) is 16.8 Å². The summed E-state index contributed by atoms with van der Waals surface area (Å²) in [5, 5.41) is 3.44. The third-order valence-electron chi connectivity index (χ3n) is 3.00. The van der Waals surface area contributed by atoms with E-state index in [-0.39, 0.29) is 0 Å².